The van der Waals surface area contributed by atoms with Gasteiger partial charge in [0.05, 0.1) is 27.4 Å². The SMILES string of the molecule is COC(=O)COc1ccc(C[C@H](NC(=O)C(Cc2ccccc2)NC(=O)OC)C(C)=O)cc1C(=O)OC. The highest BCUT2D eigenvalue weighted by molar-refractivity contribution is 5.93. The van der Waals surface area contributed by atoms with Gasteiger partial charge in [0.15, 0.2) is 12.4 Å². The molecule has 1 unspecified atom stereocenters. The minimum atomic E-state index is -1.00. The molecule has 2 amide bonds. The average molecular weight is 515 g/mol. The zero-order chi connectivity index (χ0) is 27.4. The maximum absolute atomic E-state index is 13.1. The van der Waals surface area contributed by atoms with E-state index in [1.54, 1.807) is 30.3 Å². The number of carbonyl (C=O) groups excluding carboxylic acids is 5. The van der Waals surface area contributed by atoms with Crippen LogP contribution in [0.1, 0.15) is 28.4 Å². The van der Waals surface area contributed by atoms with Crippen molar-refractivity contribution in [1.29, 1.82) is 0 Å². The Kier molecular flexibility index (Phi) is 11.1. The lowest BCUT2D eigenvalue weighted by atomic mass is 9.99. The van der Waals surface area contributed by atoms with Gasteiger partial charge in [0.25, 0.3) is 0 Å². The minimum absolute atomic E-state index is 0.0341. The maximum atomic E-state index is 13.1. The first-order valence-corrected chi connectivity index (χ1v) is 11.3. The van der Waals surface area contributed by atoms with Crippen LogP contribution >= 0.6 is 0 Å². The van der Waals surface area contributed by atoms with Gasteiger partial charge in [-0.2, -0.15) is 0 Å². The lowest BCUT2D eigenvalue weighted by molar-refractivity contribution is -0.143. The van der Waals surface area contributed by atoms with Gasteiger partial charge in [0, 0.05) is 6.42 Å². The molecule has 2 rings (SSSR count). The second-order valence-electron chi connectivity index (χ2n) is 7.94. The number of carbonyl (C=O) groups is 5. The fourth-order valence-corrected chi connectivity index (χ4v) is 3.36. The first-order valence-electron chi connectivity index (χ1n) is 11.3. The van der Waals surface area contributed by atoms with E-state index in [4.69, 9.17) is 9.47 Å². The molecule has 2 aromatic rings. The van der Waals surface area contributed by atoms with Gasteiger partial charge in [-0.15, -0.1) is 0 Å². The van der Waals surface area contributed by atoms with Crippen LogP contribution in [-0.4, -0.2) is 69.7 Å². The van der Waals surface area contributed by atoms with E-state index in [-0.39, 0.29) is 29.9 Å². The second-order valence-corrected chi connectivity index (χ2v) is 7.94. The van der Waals surface area contributed by atoms with Gasteiger partial charge in [0.2, 0.25) is 5.91 Å². The number of esters is 2. The predicted molar refractivity (Wildman–Crippen MR) is 131 cm³/mol. The molecule has 0 fully saturated rings. The third kappa shape index (κ3) is 8.95. The molecule has 11 nitrogen and oxygen atoms in total. The Bertz CT molecular complexity index is 1120. The van der Waals surface area contributed by atoms with E-state index >= 15 is 0 Å². The van der Waals surface area contributed by atoms with Crippen LogP contribution in [0.5, 0.6) is 5.75 Å². The summed E-state index contributed by atoms with van der Waals surface area (Å²) in [6.07, 6.45) is -0.579. The highest BCUT2D eigenvalue weighted by atomic mass is 16.6. The smallest absolute Gasteiger partial charge is 0.407 e. The van der Waals surface area contributed by atoms with Gasteiger partial charge in [-0.1, -0.05) is 36.4 Å². The molecule has 0 aromatic heterocycles. The lowest BCUT2D eigenvalue weighted by Gasteiger charge is -2.22. The summed E-state index contributed by atoms with van der Waals surface area (Å²) >= 11 is 0. The third-order valence-corrected chi connectivity index (χ3v) is 5.35. The van der Waals surface area contributed by atoms with Crippen LogP contribution in [0.25, 0.3) is 0 Å². The normalized spacial score (nSPS) is 11.9. The van der Waals surface area contributed by atoms with E-state index in [9.17, 15) is 24.0 Å². The minimum Gasteiger partial charge on any atom is -0.481 e. The zero-order valence-corrected chi connectivity index (χ0v) is 21.1. The number of hydrogen-bond acceptors (Lipinski definition) is 9. The third-order valence-electron chi connectivity index (χ3n) is 5.35. The topological polar surface area (TPSA) is 146 Å². The summed E-state index contributed by atoms with van der Waals surface area (Å²) in [6, 6.07) is 11.6. The van der Waals surface area contributed by atoms with Crippen LogP contribution in [0.2, 0.25) is 0 Å². The van der Waals surface area contributed by atoms with Crippen molar-refractivity contribution in [2.75, 3.05) is 27.9 Å². The molecule has 2 N–H and O–H groups in total. The van der Waals surface area contributed by atoms with Crippen molar-refractivity contribution in [3.63, 3.8) is 0 Å². The van der Waals surface area contributed by atoms with Crippen LogP contribution in [-0.2, 0) is 41.4 Å². The number of nitrogens with one attached hydrogen (secondary N) is 2. The molecule has 0 aliphatic heterocycles. The van der Waals surface area contributed by atoms with Crippen molar-refractivity contribution < 1.29 is 42.9 Å². The summed E-state index contributed by atoms with van der Waals surface area (Å²) < 4.78 is 19.3. The Balaban J connectivity index is 2.23. The number of rotatable bonds is 12. The summed E-state index contributed by atoms with van der Waals surface area (Å²) in [4.78, 5) is 61.0. The number of amides is 2. The lowest BCUT2D eigenvalue weighted by Crippen LogP contribution is -2.52. The summed E-state index contributed by atoms with van der Waals surface area (Å²) in [5, 5.41) is 5.16. The van der Waals surface area contributed by atoms with E-state index in [0.717, 1.165) is 5.56 Å². The van der Waals surface area contributed by atoms with Gasteiger partial charge in [-0.05, 0) is 36.6 Å². The highest BCUT2D eigenvalue weighted by Crippen LogP contribution is 2.22. The van der Waals surface area contributed by atoms with Crippen molar-refractivity contribution in [3.8, 4) is 5.75 Å². The number of methoxy groups -OCH3 is 3. The van der Waals surface area contributed by atoms with Crippen LogP contribution in [0.15, 0.2) is 48.5 Å². The molecule has 37 heavy (non-hydrogen) atoms. The Morgan fingerprint density at radius 3 is 2.05 bits per heavy atom. The number of ketones is 1. The van der Waals surface area contributed by atoms with Crippen molar-refractivity contribution in [1.82, 2.24) is 10.6 Å². The molecule has 0 aliphatic rings. The monoisotopic (exact) mass is 514 g/mol. The number of benzene rings is 2. The predicted octanol–water partition coefficient (Wildman–Crippen LogP) is 1.61. The molecule has 0 aliphatic carbocycles. The van der Waals surface area contributed by atoms with Gasteiger partial charge >= 0.3 is 18.0 Å². The van der Waals surface area contributed by atoms with E-state index in [1.807, 2.05) is 6.07 Å². The van der Waals surface area contributed by atoms with Crippen LogP contribution in [0, 0.1) is 0 Å². The fraction of sp³-hybridized carbons (Fsp3) is 0.346. The molecule has 0 heterocycles. The molecule has 11 heteroatoms. The Hall–Kier alpha value is -4.41. The number of alkyl carbamates (subject to hydrolysis) is 1. The average Bonchev–Trinajstić information content (AvgIpc) is 2.90. The first-order chi connectivity index (χ1) is 17.7. The summed E-state index contributed by atoms with van der Waals surface area (Å²) in [7, 11) is 3.58. The van der Waals surface area contributed by atoms with Crippen LogP contribution < -0.4 is 15.4 Å². The standard InChI is InChI=1S/C26H30N2O9/c1-16(29)20(27-24(31)21(28-26(33)36-4)13-17-8-6-5-7-9-17)14-18-10-11-22(37-15-23(30)34-2)19(12-18)25(32)35-3/h5-12,20-21H,13-15H2,1-4H3,(H,27,31)(H,28,33)/t20-,21?/m0/s1. The molecule has 0 saturated carbocycles. The van der Waals surface area contributed by atoms with Crippen LogP contribution in [0.3, 0.4) is 0 Å². The molecule has 2 aromatic carbocycles. The summed E-state index contributed by atoms with van der Waals surface area (Å²) in [5.41, 5.74) is 1.35. The molecule has 2 atom stereocenters. The van der Waals surface area contributed by atoms with Gasteiger partial charge in [0.1, 0.15) is 17.4 Å². The Labute approximate surface area is 214 Å². The second kappa shape index (κ2) is 14.2. The van der Waals surface area contributed by atoms with Crippen molar-refractivity contribution in [2.24, 2.45) is 0 Å². The largest absolute Gasteiger partial charge is 0.481 e. The van der Waals surface area contributed by atoms with Gasteiger partial charge in [-0.25, -0.2) is 14.4 Å². The van der Waals surface area contributed by atoms with Crippen molar-refractivity contribution >= 4 is 29.7 Å². The zero-order valence-electron chi connectivity index (χ0n) is 21.1. The molecular weight excluding hydrogens is 484 g/mol. The van der Waals surface area contributed by atoms with E-state index in [1.165, 1.54) is 40.4 Å². The van der Waals surface area contributed by atoms with E-state index in [2.05, 4.69) is 20.1 Å². The first kappa shape index (κ1) is 28.8. The molecule has 198 valence electrons. The molecule has 0 bridgehead atoms. The van der Waals surface area contributed by atoms with Crippen LogP contribution in [0.4, 0.5) is 4.79 Å². The van der Waals surface area contributed by atoms with Crippen molar-refractivity contribution in [3.05, 3.63) is 65.2 Å². The summed E-state index contributed by atoms with van der Waals surface area (Å²) in [6.45, 7) is 0.905. The highest BCUT2D eigenvalue weighted by Gasteiger charge is 2.26. The summed E-state index contributed by atoms with van der Waals surface area (Å²) in [5.74, 6) is -2.17. The Morgan fingerprint density at radius 1 is 0.784 bits per heavy atom. The number of hydrogen-bond donors (Lipinski definition) is 2. The molecule has 0 saturated heterocycles. The molecule has 0 radical (unpaired) electrons. The van der Waals surface area contributed by atoms with E-state index < -0.39 is 42.6 Å². The van der Waals surface area contributed by atoms with Gasteiger partial charge in [-0.3, -0.25) is 9.59 Å². The fourth-order valence-electron chi connectivity index (χ4n) is 3.36. The Morgan fingerprint density at radius 2 is 1.46 bits per heavy atom. The number of Topliss-reactive ketones (excluding diaryl/α,β-unsaturated/α-hetero) is 1. The number of ether oxygens (including phenoxy) is 4. The van der Waals surface area contributed by atoms with Crippen molar-refractivity contribution in [2.45, 2.75) is 31.8 Å². The quantitative estimate of drug-likeness (QED) is 0.318. The molecular formula is C26H30N2O9. The maximum Gasteiger partial charge on any atom is 0.407 e. The van der Waals surface area contributed by atoms with E-state index in [0.29, 0.717) is 5.56 Å². The molecule has 0 spiro atoms. The van der Waals surface area contributed by atoms with Gasteiger partial charge < -0.3 is 29.6 Å².